The molecule has 0 amide bonds. The maximum absolute atomic E-state index is 12.7. The number of nitrogens with zero attached hydrogens (tertiary/aromatic N) is 4. The zero-order chi connectivity index (χ0) is 17.6. The van der Waals surface area contributed by atoms with Gasteiger partial charge in [-0.15, -0.1) is 0 Å². The van der Waals surface area contributed by atoms with E-state index in [0.29, 0.717) is 30.1 Å². The number of benzene rings is 1. The minimum Gasteiger partial charge on any atom is -0.381 e. The number of halogens is 1. The lowest BCUT2D eigenvalue weighted by atomic mass is 10.2. The van der Waals surface area contributed by atoms with Crippen LogP contribution in [0.15, 0.2) is 29.2 Å². The Morgan fingerprint density at radius 2 is 2.16 bits per heavy atom. The number of aryl methyl sites for hydroxylation is 1. The van der Waals surface area contributed by atoms with Gasteiger partial charge in [0.15, 0.2) is 6.29 Å². The van der Waals surface area contributed by atoms with Crippen molar-refractivity contribution in [2.45, 2.75) is 12.8 Å². The van der Waals surface area contributed by atoms with E-state index in [1.165, 1.54) is 0 Å². The molecule has 0 saturated heterocycles. The fourth-order valence-electron chi connectivity index (χ4n) is 2.78. The Morgan fingerprint density at radius 3 is 2.88 bits per heavy atom. The van der Waals surface area contributed by atoms with Crippen molar-refractivity contribution in [3.63, 3.8) is 0 Å². The molecule has 1 aliphatic rings. The fourth-order valence-corrected chi connectivity index (χ4v) is 3.02. The predicted molar refractivity (Wildman–Crippen MR) is 95.7 cm³/mol. The molecule has 0 aliphatic heterocycles. The Kier molecular flexibility index (Phi) is 3.80. The lowest BCUT2D eigenvalue weighted by Gasteiger charge is -2.12. The molecule has 2 heterocycles. The second-order valence-electron chi connectivity index (χ2n) is 6.28. The van der Waals surface area contributed by atoms with Gasteiger partial charge in [0.1, 0.15) is 10.7 Å². The summed E-state index contributed by atoms with van der Waals surface area (Å²) in [5.41, 5.74) is 1.31. The number of nitrogens with one attached hydrogen (secondary N) is 1. The molecule has 1 saturated carbocycles. The maximum Gasteiger partial charge on any atom is 0.292 e. The topological polar surface area (TPSA) is 81.8 Å². The maximum atomic E-state index is 12.7. The van der Waals surface area contributed by atoms with Crippen LogP contribution in [-0.4, -0.2) is 32.4 Å². The molecule has 7 nitrogen and oxygen atoms in total. The van der Waals surface area contributed by atoms with Crippen LogP contribution in [-0.2, 0) is 7.05 Å². The van der Waals surface area contributed by atoms with Crippen LogP contribution in [0.5, 0.6) is 0 Å². The van der Waals surface area contributed by atoms with Crippen LogP contribution < -0.4 is 10.9 Å². The van der Waals surface area contributed by atoms with Crippen LogP contribution >= 0.6 is 11.6 Å². The summed E-state index contributed by atoms with van der Waals surface area (Å²) < 4.78 is 2.85. The summed E-state index contributed by atoms with van der Waals surface area (Å²) in [6.07, 6.45) is 4.75. The lowest BCUT2D eigenvalue weighted by Crippen LogP contribution is -2.25. The molecule has 2 aromatic heterocycles. The number of fused-ring (bicyclic) bond motifs is 1. The molecular formula is C17H16ClN5O2. The van der Waals surface area contributed by atoms with Gasteiger partial charge in [-0.2, -0.15) is 14.9 Å². The van der Waals surface area contributed by atoms with E-state index in [9.17, 15) is 9.59 Å². The number of aldehydes is 1. The van der Waals surface area contributed by atoms with Gasteiger partial charge in [-0.3, -0.25) is 14.3 Å². The van der Waals surface area contributed by atoms with Crippen molar-refractivity contribution in [1.82, 2.24) is 19.6 Å². The number of hydrogen-bond acceptors (Lipinski definition) is 5. The number of carbonyl (C=O) groups is 1. The minimum atomic E-state index is -0.464. The Hall–Kier alpha value is -2.67. The van der Waals surface area contributed by atoms with Crippen molar-refractivity contribution in [3.8, 4) is 5.69 Å². The van der Waals surface area contributed by atoms with E-state index in [-0.39, 0.29) is 10.7 Å². The molecule has 1 aromatic carbocycles. The van der Waals surface area contributed by atoms with Gasteiger partial charge >= 0.3 is 0 Å². The summed E-state index contributed by atoms with van der Waals surface area (Å²) in [4.78, 5) is 24.1. The summed E-state index contributed by atoms with van der Waals surface area (Å²) in [5, 5.41) is 12.4. The summed E-state index contributed by atoms with van der Waals surface area (Å²) >= 11 is 6.25. The number of carbonyl (C=O) groups excluding carboxylic acids is 1. The third-order valence-corrected chi connectivity index (χ3v) is 4.64. The van der Waals surface area contributed by atoms with Crippen molar-refractivity contribution in [3.05, 3.63) is 45.5 Å². The van der Waals surface area contributed by atoms with Crippen molar-refractivity contribution in [2.75, 3.05) is 11.9 Å². The van der Waals surface area contributed by atoms with Crippen LogP contribution in [0.3, 0.4) is 0 Å². The zero-order valence-corrected chi connectivity index (χ0v) is 14.3. The molecule has 25 heavy (non-hydrogen) atoms. The van der Waals surface area contributed by atoms with Gasteiger partial charge in [-0.1, -0.05) is 11.6 Å². The average molecular weight is 358 g/mol. The van der Waals surface area contributed by atoms with Gasteiger partial charge < -0.3 is 5.32 Å². The summed E-state index contributed by atoms with van der Waals surface area (Å²) in [6, 6.07) is 5.32. The minimum absolute atomic E-state index is 0.0240. The summed E-state index contributed by atoms with van der Waals surface area (Å²) in [7, 11) is 1.83. The Labute approximate surface area is 148 Å². The van der Waals surface area contributed by atoms with Crippen LogP contribution in [0.25, 0.3) is 16.6 Å². The highest BCUT2D eigenvalue weighted by Crippen LogP contribution is 2.30. The molecule has 3 aromatic rings. The molecule has 0 spiro atoms. The summed E-state index contributed by atoms with van der Waals surface area (Å²) in [5.74, 6) is 0.575. The molecule has 0 radical (unpaired) electrons. The molecule has 128 valence electrons. The normalized spacial score (nSPS) is 14.0. The highest BCUT2D eigenvalue weighted by Gasteiger charge is 2.23. The Balaban J connectivity index is 1.81. The number of rotatable bonds is 5. The van der Waals surface area contributed by atoms with Crippen molar-refractivity contribution in [1.29, 1.82) is 0 Å². The van der Waals surface area contributed by atoms with Crippen LogP contribution in [0.4, 0.5) is 5.69 Å². The van der Waals surface area contributed by atoms with E-state index >= 15 is 0 Å². The van der Waals surface area contributed by atoms with Gasteiger partial charge in [0.2, 0.25) is 0 Å². The lowest BCUT2D eigenvalue weighted by molar-refractivity contribution is 0.111. The van der Waals surface area contributed by atoms with Crippen molar-refractivity contribution < 1.29 is 4.79 Å². The van der Waals surface area contributed by atoms with Crippen molar-refractivity contribution in [2.24, 2.45) is 13.0 Å². The molecule has 1 N–H and O–H groups in total. The molecule has 8 heteroatoms. The molecule has 1 aliphatic carbocycles. The van der Waals surface area contributed by atoms with Gasteiger partial charge in [-0.25, -0.2) is 0 Å². The SMILES string of the molecule is Cn1cc2cc(-n3nc(C=O)c(NCC4CC4)c(Cl)c3=O)ccc2n1. The second-order valence-corrected chi connectivity index (χ2v) is 6.66. The van der Waals surface area contributed by atoms with E-state index in [4.69, 9.17) is 11.6 Å². The Bertz CT molecular complexity index is 1040. The van der Waals surface area contributed by atoms with E-state index in [1.54, 1.807) is 22.9 Å². The third kappa shape index (κ3) is 2.91. The number of anilines is 1. The van der Waals surface area contributed by atoms with Gasteiger partial charge in [-0.05, 0) is 37.0 Å². The monoisotopic (exact) mass is 357 g/mol. The highest BCUT2D eigenvalue weighted by atomic mass is 35.5. The average Bonchev–Trinajstić information content (AvgIpc) is 3.35. The third-order valence-electron chi connectivity index (χ3n) is 4.29. The molecule has 4 rings (SSSR count). The molecule has 1 fully saturated rings. The summed E-state index contributed by atoms with van der Waals surface area (Å²) in [6.45, 7) is 0.688. The van der Waals surface area contributed by atoms with E-state index < -0.39 is 5.56 Å². The fraction of sp³-hybridized carbons (Fsp3) is 0.294. The first kappa shape index (κ1) is 15.8. The largest absolute Gasteiger partial charge is 0.381 e. The van der Waals surface area contributed by atoms with Crippen LogP contribution in [0.1, 0.15) is 23.3 Å². The molecular weight excluding hydrogens is 342 g/mol. The quantitative estimate of drug-likeness (QED) is 0.709. The number of aromatic nitrogens is 4. The first-order chi connectivity index (χ1) is 12.1. The van der Waals surface area contributed by atoms with E-state index in [0.717, 1.165) is 28.4 Å². The number of hydrogen-bond donors (Lipinski definition) is 1. The van der Waals surface area contributed by atoms with E-state index in [1.807, 2.05) is 13.2 Å². The molecule has 0 bridgehead atoms. The second kappa shape index (κ2) is 6.00. The van der Waals surface area contributed by atoms with Crippen LogP contribution in [0, 0.1) is 5.92 Å². The molecule has 0 atom stereocenters. The van der Waals surface area contributed by atoms with Crippen molar-refractivity contribution >= 4 is 34.5 Å². The van der Waals surface area contributed by atoms with Gasteiger partial charge in [0, 0.05) is 25.2 Å². The van der Waals surface area contributed by atoms with Crippen LogP contribution in [0.2, 0.25) is 5.02 Å². The first-order valence-corrected chi connectivity index (χ1v) is 8.40. The van der Waals surface area contributed by atoms with E-state index in [2.05, 4.69) is 15.5 Å². The standard InChI is InChI=1S/C17H16ClN5O2/c1-22-8-11-6-12(4-5-13(11)20-22)23-17(25)15(18)16(14(9-24)21-23)19-7-10-2-3-10/h4-6,8-10,19H,2-3,7H2,1H3. The molecule has 0 unspecified atom stereocenters. The zero-order valence-electron chi connectivity index (χ0n) is 13.6. The van der Waals surface area contributed by atoms with Gasteiger partial charge in [0.25, 0.3) is 5.56 Å². The first-order valence-electron chi connectivity index (χ1n) is 8.02. The van der Waals surface area contributed by atoms with Gasteiger partial charge in [0.05, 0.1) is 16.9 Å². The predicted octanol–water partition coefficient (Wildman–Crippen LogP) is 2.41. The smallest absolute Gasteiger partial charge is 0.292 e. The highest BCUT2D eigenvalue weighted by molar-refractivity contribution is 6.33. The Morgan fingerprint density at radius 1 is 1.36 bits per heavy atom.